The van der Waals surface area contributed by atoms with Gasteiger partial charge in [0.2, 0.25) is 0 Å². The van der Waals surface area contributed by atoms with E-state index in [1.165, 1.54) is 0 Å². The Balaban J connectivity index is 1.98. The SMILES string of the molecule is COCCNCc1cnc(-c2cncc(Br)c2)nc1. The maximum Gasteiger partial charge on any atom is 0.160 e. The molecule has 5 nitrogen and oxygen atoms in total. The number of rotatable bonds is 6. The first kappa shape index (κ1) is 14.0. The number of nitrogens with one attached hydrogen (secondary N) is 1. The van der Waals surface area contributed by atoms with Gasteiger partial charge in [-0.1, -0.05) is 0 Å². The quantitative estimate of drug-likeness (QED) is 0.825. The van der Waals surface area contributed by atoms with Crippen molar-refractivity contribution < 1.29 is 4.74 Å². The topological polar surface area (TPSA) is 59.9 Å². The van der Waals surface area contributed by atoms with Crippen LogP contribution in [0.4, 0.5) is 0 Å². The largest absolute Gasteiger partial charge is 0.383 e. The highest BCUT2D eigenvalue weighted by Crippen LogP contribution is 2.17. The van der Waals surface area contributed by atoms with Gasteiger partial charge in [-0.15, -0.1) is 0 Å². The maximum absolute atomic E-state index is 4.96. The van der Waals surface area contributed by atoms with E-state index in [2.05, 4.69) is 36.2 Å². The molecule has 0 atom stereocenters. The Morgan fingerprint density at radius 3 is 2.68 bits per heavy atom. The summed E-state index contributed by atoms with van der Waals surface area (Å²) in [6.45, 7) is 2.25. The molecule has 0 aliphatic carbocycles. The summed E-state index contributed by atoms with van der Waals surface area (Å²) in [5.41, 5.74) is 1.94. The summed E-state index contributed by atoms with van der Waals surface area (Å²) in [5.74, 6) is 0.675. The van der Waals surface area contributed by atoms with Crippen molar-refractivity contribution in [1.29, 1.82) is 0 Å². The maximum atomic E-state index is 4.96. The molecule has 2 aromatic heterocycles. The highest BCUT2D eigenvalue weighted by molar-refractivity contribution is 9.10. The van der Waals surface area contributed by atoms with Gasteiger partial charge in [-0.3, -0.25) is 4.98 Å². The van der Waals surface area contributed by atoms with Crippen molar-refractivity contribution in [2.24, 2.45) is 0 Å². The number of methoxy groups -OCH3 is 1. The molecular weight excluding hydrogens is 308 g/mol. The van der Waals surface area contributed by atoms with E-state index < -0.39 is 0 Å². The number of pyridine rings is 1. The molecule has 0 aliphatic heterocycles. The molecule has 0 bridgehead atoms. The molecule has 2 heterocycles. The van der Waals surface area contributed by atoms with Crippen molar-refractivity contribution >= 4 is 15.9 Å². The second-order valence-corrected chi connectivity index (χ2v) is 4.89. The predicted molar refractivity (Wildman–Crippen MR) is 76.5 cm³/mol. The molecule has 0 spiro atoms. The fraction of sp³-hybridized carbons (Fsp3) is 0.308. The molecule has 0 aromatic carbocycles. The van der Waals surface area contributed by atoms with Crippen LogP contribution >= 0.6 is 15.9 Å². The lowest BCUT2D eigenvalue weighted by molar-refractivity contribution is 0.199. The van der Waals surface area contributed by atoms with Gasteiger partial charge in [0, 0.05) is 60.6 Å². The van der Waals surface area contributed by atoms with Gasteiger partial charge in [0.25, 0.3) is 0 Å². The highest BCUT2D eigenvalue weighted by atomic mass is 79.9. The van der Waals surface area contributed by atoms with Crippen molar-refractivity contribution in [3.8, 4) is 11.4 Å². The summed E-state index contributed by atoms with van der Waals surface area (Å²) in [4.78, 5) is 12.8. The van der Waals surface area contributed by atoms with E-state index in [9.17, 15) is 0 Å². The summed E-state index contributed by atoms with van der Waals surface area (Å²) >= 11 is 3.38. The van der Waals surface area contributed by atoms with Gasteiger partial charge < -0.3 is 10.1 Å². The van der Waals surface area contributed by atoms with Crippen molar-refractivity contribution in [3.63, 3.8) is 0 Å². The third-order valence-corrected chi connectivity index (χ3v) is 2.91. The predicted octanol–water partition coefficient (Wildman–Crippen LogP) is 2.04. The molecule has 0 amide bonds. The number of aromatic nitrogens is 3. The molecule has 100 valence electrons. The molecule has 2 rings (SSSR count). The van der Waals surface area contributed by atoms with Crippen molar-refractivity contribution in [1.82, 2.24) is 20.3 Å². The minimum atomic E-state index is 0.675. The Morgan fingerprint density at radius 1 is 1.21 bits per heavy atom. The van der Waals surface area contributed by atoms with Crippen LogP contribution in [0.1, 0.15) is 5.56 Å². The number of hydrogen-bond donors (Lipinski definition) is 1. The summed E-state index contributed by atoms with van der Waals surface area (Å²) in [6, 6.07) is 1.94. The normalized spacial score (nSPS) is 10.6. The lowest BCUT2D eigenvalue weighted by Gasteiger charge is -2.05. The summed E-state index contributed by atoms with van der Waals surface area (Å²) in [6.07, 6.45) is 7.13. The Kier molecular flexibility index (Phi) is 5.38. The number of ether oxygens (including phenoxy) is 1. The fourth-order valence-corrected chi connectivity index (χ4v) is 1.90. The van der Waals surface area contributed by atoms with Crippen LogP contribution in [0.25, 0.3) is 11.4 Å². The third-order valence-electron chi connectivity index (χ3n) is 2.48. The molecule has 0 aliphatic rings. The van der Waals surface area contributed by atoms with Crippen LogP contribution in [-0.4, -0.2) is 35.2 Å². The van der Waals surface area contributed by atoms with E-state index in [4.69, 9.17) is 4.74 Å². The zero-order chi connectivity index (χ0) is 13.5. The lowest BCUT2D eigenvalue weighted by atomic mass is 10.2. The van der Waals surface area contributed by atoms with E-state index >= 15 is 0 Å². The molecule has 0 unspecified atom stereocenters. The van der Waals surface area contributed by atoms with Crippen LogP contribution in [0.2, 0.25) is 0 Å². The van der Waals surface area contributed by atoms with Gasteiger partial charge in [0.15, 0.2) is 5.82 Å². The van der Waals surface area contributed by atoms with Crippen LogP contribution in [-0.2, 0) is 11.3 Å². The molecule has 1 N–H and O–H groups in total. The molecule has 0 saturated carbocycles. The van der Waals surface area contributed by atoms with Gasteiger partial charge in [-0.25, -0.2) is 9.97 Å². The Morgan fingerprint density at radius 2 is 2.00 bits per heavy atom. The van der Waals surface area contributed by atoms with Gasteiger partial charge >= 0.3 is 0 Å². The molecule has 19 heavy (non-hydrogen) atoms. The molecule has 0 saturated heterocycles. The lowest BCUT2D eigenvalue weighted by Crippen LogP contribution is -2.18. The van der Waals surface area contributed by atoms with Gasteiger partial charge in [0.1, 0.15) is 0 Å². The van der Waals surface area contributed by atoms with E-state index in [1.54, 1.807) is 19.5 Å². The standard InChI is InChI=1S/C13H15BrN4O/c1-19-3-2-15-5-10-6-17-13(18-7-10)11-4-12(14)9-16-8-11/h4,6-9,15H,2-3,5H2,1H3. The fourth-order valence-electron chi connectivity index (χ4n) is 1.54. The Bertz CT molecular complexity index is 518. The molecule has 0 fully saturated rings. The first-order chi connectivity index (χ1) is 9.29. The van der Waals surface area contributed by atoms with Crippen molar-refractivity contribution in [3.05, 3.63) is 40.9 Å². The summed E-state index contributed by atoms with van der Waals surface area (Å²) in [7, 11) is 1.69. The zero-order valence-electron chi connectivity index (χ0n) is 10.6. The average Bonchev–Trinajstić information content (AvgIpc) is 2.44. The number of nitrogens with zero attached hydrogens (tertiary/aromatic N) is 3. The third kappa shape index (κ3) is 4.34. The van der Waals surface area contributed by atoms with Gasteiger partial charge in [-0.05, 0) is 22.0 Å². The Hall–Kier alpha value is -1.37. The van der Waals surface area contributed by atoms with Crippen LogP contribution in [0, 0.1) is 0 Å². The minimum absolute atomic E-state index is 0.675. The van der Waals surface area contributed by atoms with Crippen LogP contribution in [0.5, 0.6) is 0 Å². The number of halogens is 1. The smallest absolute Gasteiger partial charge is 0.160 e. The summed E-state index contributed by atoms with van der Waals surface area (Å²) in [5, 5.41) is 3.25. The molecule has 2 aromatic rings. The molecule has 6 heteroatoms. The van der Waals surface area contributed by atoms with Crippen molar-refractivity contribution in [2.45, 2.75) is 6.54 Å². The molecule has 0 radical (unpaired) electrons. The van der Waals surface area contributed by atoms with E-state index in [-0.39, 0.29) is 0 Å². The summed E-state index contributed by atoms with van der Waals surface area (Å²) < 4.78 is 5.88. The van der Waals surface area contributed by atoms with E-state index in [0.717, 1.165) is 28.7 Å². The minimum Gasteiger partial charge on any atom is -0.383 e. The second-order valence-electron chi connectivity index (χ2n) is 3.98. The highest BCUT2D eigenvalue weighted by Gasteiger charge is 2.02. The van der Waals surface area contributed by atoms with Crippen molar-refractivity contribution in [2.75, 3.05) is 20.3 Å². The van der Waals surface area contributed by atoms with Crippen LogP contribution in [0.3, 0.4) is 0 Å². The van der Waals surface area contributed by atoms with Gasteiger partial charge in [0.05, 0.1) is 6.61 Å². The second kappa shape index (κ2) is 7.28. The first-order valence-corrected chi connectivity index (χ1v) is 6.70. The van der Waals surface area contributed by atoms with E-state index in [1.807, 2.05) is 18.5 Å². The average molecular weight is 323 g/mol. The molecular formula is C13H15BrN4O. The monoisotopic (exact) mass is 322 g/mol. The first-order valence-electron chi connectivity index (χ1n) is 5.91. The Labute approximate surface area is 120 Å². The zero-order valence-corrected chi connectivity index (χ0v) is 12.2. The van der Waals surface area contributed by atoms with E-state index in [0.29, 0.717) is 12.4 Å². The van der Waals surface area contributed by atoms with Crippen LogP contribution in [0.15, 0.2) is 35.3 Å². The van der Waals surface area contributed by atoms with Crippen LogP contribution < -0.4 is 5.32 Å². The number of hydrogen-bond acceptors (Lipinski definition) is 5. The van der Waals surface area contributed by atoms with Gasteiger partial charge in [-0.2, -0.15) is 0 Å².